The lowest BCUT2D eigenvalue weighted by molar-refractivity contribution is -0.135. The van der Waals surface area contributed by atoms with E-state index in [1.165, 1.54) is 12.8 Å². The molecule has 1 atom stereocenters. The van der Waals surface area contributed by atoms with Gasteiger partial charge in [-0.2, -0.15) is 0 Å². The van der Waals surface area contributed by atoms with Crippen molar-refractivity contribution in [3.05, 3.63) is 0 Å². The van der Waals surface area contributed by atoms with Gasteiger partial charge in [0.2, 0.25) is 5.91 Å². The zero-order valence-corrected chi connectivity index (χ0v) is 14.7. The molecule has 106 valence electrons. The molecule has 0 radical (unpaired) electrons. The topological polar surface area (TPSA) is 20.3 Å². The van der Waals surface area contributed by atoms with Gasteiger partial charge >= 0.3 is 0 Å². The molecule has 1 aliphatic heterocycles. The van der Waals surface area contributed by atoms with Gasteiger partial charge < -0.3 is 4.90 Å². The second-order valence-electron chi connectivity index (χ2n) is 7.20. The summed E-state index contributed by atoms with van der Waals surface area (Å²) in [5.41, 5.74) is 0.155. The maximum atomic E-state index is 12.3. The monoisotopic (exact) mass is 365 g/mol. The zero-order valence-electron chi connectivity index (χ0n) is 12.6. The maximum Gasteiger partial charge on any atom is 0.222 e. The molecule has 1 amide bonds. The summed E-state index contributed by atoms with van der Waals surface area (Å²) in [5.74, 6) is 0.369. The van der Waals surface area contributed by atoms with Crippen LogP contribution in [0.4, 0.5) is 0 Å². The van der Waals surface area contributed by atoms with Crippen LogP contribution >= 0.6 is 22.6 Å². The highest BCUT2D eigenvalue weighted by Crippen LogP contribution is 2.35. The molecule has 0 spiro atoms. The van der Waals surface area contributed by atoms with Gasteiger partial charge in [0.25, 0.3) is 0 Å². The van der Waals surface area contributed by atoms with Crippen molar-refractivity contribution < 1.29 is 4.79 Å². The summed E-state index contributed by atoms with van der Waals surface area (Å²) in [6.45, 7) is 12.3. The number of rotatable bonds is 3. The number of alkyl halides is 1. The van der Waals surface area contributed by atoms with Gasteiger partial charge in [-0.1, -0.05) is 63.6 Å². The first-order valence-electron chi connectivity index (χ1n) is 7.10. The molecule has 0 bridgehead atoms. The van der Waals surface area contributed by atoms with Crippen LogP contribution in [-0.4, -0.2) is 26.8 Å². The Morgan fingerprint density at radius 3 is 2.28 bits per heavy atom. The predicted octanol–water partition coefficient (Wildman–Crippen LogP) is 4.41. The van der Waals surface area contributed by atoms with E-state index in [2.05, 4.69) is 62.1 Å². The fraction of sp³-hybridized carbons (Fsp3) is 0.933. The minimum absolute atomic E-state index is 0.155. The fourth-order valence-electron chi connectivity index (χ4n) is 2.68. The normalized spacial score (nSPS) is 20.8. The smallest absolute Gasteiger partial charge is 0.222 e. The number of halogens is 1. The Bertz CT molecular complexity index is 288. The average molecular weight is 365 g/mol. The molecular weight excluding hydrogens is 337 g/mol. The summed E-state index contributed by atoms with van der Waals surface area (Å²) in [4.78, 5) is 14.5. The van der Waals surface area contributed by atoms with Gasteiger partial charge in [0.05, 0.1) is 0 Å². The van der Waals surface area contributed by atoms with Crippen LogP contribution < -0.4 is 0 Å². The minimum atomic E-state index is 0.155. The highest BCUT2D eigenvalue weighted by atomic mass is 127. The molecule has 1 fully saturated rings. The SMILES string of the molecule is CC(C)(I)CC(N1CCCCCC1=O)C(C)(C)C. The third-order valence-electron chi connectivity index (χ3n) is 3.66. The lowest BCUT2D eigenvalue weighted by atomic mass is 9.80. The predicted molar refractivity (Wildman–Crippen MR) is 86.1 cm³/mol. The van der Waals surface area contributed by atoms with Crippen LogP contribution in [0.5, 0.6) is 0 Å². The number of carbonyl (C=O) groups excluding carboxylic acids is 1. The molecule has 3 heteroatoms. The van der Waals surface area contributed by atoms with Crippen molar-refractivity contribution in [3.8, 4) is 0 Å². The molecule has 0 saturated carbocycles. The molecular formula is C15H28INO. The van der Waals surface area contributed by atoms with Crippen LogP contribution in [0, 0.1) is 5.41 Å². The Hall–Kier alpha value is 0.200. The van der Waals surface area contributed by atoms with Gasteiger partial charge in [-0.15, -0.1) is 0 Å². The van der Waals surface area contributed by atoms with Crippen LogP contribution in [-0.2, 0) is 4.79 Å². The van der Waals surface area contributed by atoms with Crippen LogP contribution in [0.15, 0.2) is 0 Å². The molecule has 1 rings (SSSR count). The molecule has 2 nitrogen and oxygen atoms in total. The lowest BCUT2D eigenvalue weighted by Gasteiger charge is -2.42. The van der Waals surface area contributed by atoms with E-state index in [-0.39, 0.29) is 8.84 Å². The van der Waals surface area contributed by atoms with E-state index >= 15 is 0 Å². The summed E-state index contributed by atoms with van der Waals surface area (Å²) in [5, 5.41) is 0. The largest absolute Gasteiger partial charge is 0.339 e. The third kappa shape index (κ3) is 5.06. The quantitative estimate of drug-likeness (QED) is 0.536. The van der Waals surface area contributed by atoms with Crippen molar-refractivity contribution in [2.45, 2.75) is 76.2 Å². The van der Waals surface area contributed by atoms with Crippen LogP contribution in [0.3, 0.4) is 0 Å². The van der Waals surface area contributed by atoms with Crippen molar-refractivity contribution in [3.63, 3.8) is 0 Å². The van der Waals surface area contributed by atoms with Crippen LogP contribution in [0.25, 0.3) is 0 Å². The van der Waals surface area contributed by atoms with E-state index in [9.17, 15) is 4.79 Å². The molecule has 18 heavy (non-hydrogen) atoms. The number of amides is 1. The van der Waals surface area contributed by atoms with Gasteiger partial charge in [0.15, 0.2) is 0 Å². The molecule has 0 aliphatic carbocycles. The van der Waals surface area contributed by atoms with Crippen molar-refractivity contribution in [1.29, 1.82) is 0 Å². The average Bonchev–Trinajstić information content (AvgIpc) is 2.36. The fourth-order valence-corrected chi connectivity index (χ4v) is 3.09. The van der Waals surface area contributed by atoms with E-state index in [0.717, 1.165) is 25.8 Å². The van der Waals surface area contributed by atoms with Crippen LogP contribution in [0.1, 0.15) is 66.7 Å². The van der Waals surface area contributed by atoms with Gasteiger partial charge in [0, 0.05) is 22.4 Å². The summed E-state index contributed by atoms with van der Waals surface area (Å²) in [6, 6.07) is 0.356. The summed E-state index contributed by atoms with van der Waals surface area (Å²) >= 11 is 2.51. The van der Waals surface area contributed by atoms with E-state index in [1.807, 2.05) is 0 Å². The van der Waals surface area contributed by atoms with Crippen molar-refractivity contribution in [1.82, 2.24) is 4.90 Å². The summed E-state index contributed by atoms with van der Waals surface area (Å²) in [6.07, 6.45) is 5.25. The summed E-state index contributed by atoms with van der Waals surface area (Å²) < 4.78 is 0.238. The molecule has 1 saturated heterocycles. The molecule has 1 aliphatic rings. The highest BCUT2D eigenvalue weighted by Gasteiger charge is 2.36. The molecule has 1 unspecified atom stereocenters. The van der Waals surface area contributed by atoms with E-state index in [4.69, 9.17) is 0 Å². The minimum Gasteiger partial charge on any atom is -0.339 e. The van der Waals surface area contributed by atoms with Gasteiger partial charge in [-0.25, -0.2) is 0 Å². The number of likely N-dealkylation sites (tertiary alicyclic amines) is 1. The Morgan fingerprint density at radius 2 is 1.78 bits per heavy atom. The van der Waals surface area contributed by atoms with Crippen molar-refractivity contribution >= 4 is 28.5 Å². The highest BCUT2D eigenvalue weighted by molar-refractivity contribution is 14.1. The van der Waals surface area contributed by atoms with Gasteiger partial charge in [-0.3, -0.25) is 4.79 Å². The zero-order chi connectivity index (χ0) is 14.0. The van der Waals surface area contributed by atoms with E-state index in [0.29, 0.717) is 11.9 Å². The van der Waals surface area contributed by atoms with Gasteiger partial charge in [0.1, 0.15) is 0 Å². The second-order valence-corrected chi connectivity index (χ2v) is 10.1. The van der Waals surface area contributed by atoms with Crippen molar-refractivity contribution in [2.75, 3.05) is 6.54 Å². The Kier molecular flexibility index (Phi) is 5.51. The summed E-state index contributed by atoms with van der Waals surface area (Å²) in [7, 11) is 0. The number of hydrogen-bond donors (Lipinski definition) is 0. The molecule has 1 heterocycles. The first kappa shape index (κ1) is 16.3. The van der Waals surface area contributed by atoms with E-state index in [1.54, 1.807) is 0 Å². The Labute approximate surface area is 126 Å². The number of carbonyl (C=O) groups is 1. The Balaban J connectivity index is 2.90. The molecule has 0 N–H and O–H groups in total. The first-order valence-corrected chi connectivity index (χ1v) is 8.17. The number of hydrogen-bond acceptors (Lipinski definition) is 1. The van der Waals surface area contributed by atoms with Crippen molar-refractivity contribution in [2.24, 2.45) is 5.41 Å². The molecule has 0 aromatic rings. The molecule has 0 aromatic carbocycles. The standard InChI is InChI=1S/C15H28INO/c1-14(2,3)12(11-15(4,5)16)17-10-8-6-7-9-13(17)18/h12H,6-11H2,1-5H3. The van der Waals surface area contributed by atoms with E-state index < -0.39 is 0 Å². The molecule has 0 aromatic heterocycles. The first-order chi connectivity index (χ1) is 8.11. The van der Waals surface area contributed by atoms with Gasteiger partial charge in [-0.05, 0) is 24.7 Å². The Morgan fingerprint density at radius 1 is 1.17 bits per heavy atom. The van der Waals surface area contributed by atoms with Crippen LogP contribution in [0.2, 0.25) is 0 Å². The number of nitrogens with zero attached hydrogens (tertiary/aromatic N) is 1. The lowest BCUT2D eigenvalue weighted by Crippen LogP contribution is -2.49. The third-order valence-corrected chi connectivity index (χ3v) is 4.11. The second kappa shape index (κ2) is 6.10. The maximum absolute atomic E-state index is 12.3.